The van der Waals surface area contributed by atoms with Crippen LogP contribution in [-0.2, 0) is 19.5 Å². The third-order valence-electron chi connectivity index (χ3n) is 5.51. The number of aromatic amines is 1. The lowest BCUT2D eigenvalue weighted by Gasteiger charge is -2.19. The van der Waals surface area contributed by atoms with Crippen LogP contribution < -0.4 is 11.2 Å². The van der Waals surface area contributed by atoms with Crippen molar-refractivity contribution in [3.63, 3.8) is 0 Å². The van der Waals surface area contributed by atoms with Gasteiger partial charge in [-0.1, -0.05) is 38.0 Å². The van der Waals surface area contributed by atoms with Crippen molar-refractivity contribution in [2.75, 3.05) is 13.1 Å². The van der Waals surface area contributed by atoms with Crippen molar-refractivity contribution in [1.82, 2.24) is 24.0 Å². The molecule has 0 radical (unpaired) electrons. The number of benzene rings is 1. The lowest BCUT2D eigenvalue weighted by molar-refractivity contribution is 0.144. The molecule has 0 fully saturated rings. The molecule has 0 saturated heterocycles. The molecule has 2 N–H and O–H groups in total. The van der Waals surface area contributed by atoms with Gasteiger partial charge in [-0.3, -0.25) is 13.9 Å². The minimum atomic E-state index is -1.15. The zero-order valence-electron chi connectivity index (χ0n) is 18.4. The number of nitrogens with one attached hydrogen (secondary N) is 1. The average molecular weight is 480 g/mol. The zero-order chi connectivity index (χ0) is 24.0. The number of H-pyrrole nitrogens is 1. The fourth-order valence-corrected chi connectivity index (χ4v) is 3.91. The van der Waals surface area contributed by atoms with Crippen LogP contribution in [0.25, 0.3) is 11.2 Å². The highest BCUT2D eigenvalue weighted by molar-refractivity contribution is 6.28. The maximum Gasteiger partial charge on any atom is 0.407 e. The van der Waals surface area contributed by atoms with E-state index >= 15 is 0 Å². The summed E-state index contributed by atoms with van der Waals surface area (Å²) >= 11 is 5.94. The van der Waals surface area contributed by atoms with Gasteiger partial charge in [0.2, 0.25) is 5.28 Å². The normalized spacial score (nSPS) is 11.2. The van der Waals surface area contributed by atoms with E-state index in [9.17, 15) is 23.9 Å². The summed E-state index contributed by atoms with van der Waals surface area (Å²) < 4.78 is 16.3. The van der Waals surface area contributed by atoms with Crippen molar-refractivity contribution >= 4 is 28.9 Å². The molecule has 2 heterocycles. The van der Waals surface area contributed by atoms with E-state index in [1.54, 1.807) is 18.2 Å². The monoisotopic (exact) mass is 479 g/mol. The van der Waals surface area contributed by atoms with E-state index in [2.05, 4.69) is 9.97 Å². The Morgan fingerprint density at radius 3 is 2.58 bits per heavy atom. The molecule has 0 aliphatic rings. The summed E-state index contributed by atoms with van der Waals surface area (Å²) in [5, 5.41) is 9.53. The van der Waals surface area contributed by atoms with Gasteiger partial charge >= 0.3 is 11.8 Å². The summed E-state index contributed by atoms with van der Waals surface area (Å²) in [4.78, 5) is 45.5. The summed E-state index contributed by atoms with van der Waals surface area (Å²) in [6.45, 7) is 2.66. The largest absolute Gasteiger partial charge is 0.465 e. The molecule has 9 nitrogen and oxygen atoms in total. The Morgan fingerprint density at radius 2 is 1.88 bits per heavy atom. The highest BCUT2D eigenvalue weighted by Gasteiger charge is 2.18. The number of unbranched alkanes of at least 4 members (excludes halogenated alkanes) is 2. The molecule has 1 aromatic carbocycles. The van der Waals surface area contributed by atoms with Crippen LogP contribution in [0.15, 0.2) is 33.9 Å². The summed E-state index contributed by atoms with van der Waals surface area (Å²) in [5.41, 5.74) is -0.254. The highest BCUT2D eigenvalue weighted by atomic mass is 35.5. The van der Waals surface area contributed by atoms with Gasteiger partial charge in [0.25, 0.3) is 5.56 Å². The summed E-state index contributed by atoms with van der Waals surface area (Å²) in [6, 6.07) is 6.21. The number of hydrogen-bond acceptors (Lipinski definition) is 4. The molecule has 11 heteroatoms. The molecule has 1 amide bonds. The second kappa shape index (κ2) is 11.1. The molecule has 0 unspecified atom stereocenters. The van der Waals surface area contributed by atoms with Crippen LogP contribution in [-0.4, -0.2) is 48.3 Å². The van der Waals surface area contributed by atoms with Crippen LogP contribution >= 0.6 is 11.6 Å². The first-order valence-corrected chi connectivity index (χ1v) is 11.3. The molecule has 33 heavy (non-hydrogen) atoms. The van der Waals surface area contributed by atoms with Crippen molar-refractivity contribution in [3.05, 3.63) is 61.8 Å². The zero-order valence-corrected chi connectivity index (χ0v) is 19.1. The number of fused-ring (bicyclic) bond motifs is 1. The van der Waals surface area contributed by atoms with Gasteiger partial charge in [-0.25, -0.2) is 14.0 Å². The third-order valence-corrected chi connectivity index (χ3v) is 5.69. The molecular weight excluding hydrogens is 453 g/mol. The molecule has 2 aromatic heterocycles. The van der Waals surface area contributed by atoms with Crippen molar-refractivity contribution in [2.45, 2.75) is 52.1 Å². The Kier molecular flexibility index (Phi) is 8.26. The fraction of sp³-hybridized carbons (Fsp3) is 0.455. The molecule has 0 atom stereocenters. The predicted molar refractivity (Wildman–Crippen MR) is 123 cm³/mol. The number of hydrogen-bond donors (Lipinski definition) is 2. The summed E-state index contributed by atoms with van der Waals surface area (Å²) in [6.07, 6.45) is 1.95. The van der Waals surface area contributed by atoms with E-state index in [0.29, 0.717) is 12.1 Å². The van der Waals surface area contributed by atoms with Crippen LogP contribution in [0.5, 0.6) is 0 Å². The molecule has 178 valence electrons. The molecule has 3 aromatic rings. The molecule has 3 rings (SSSR count). The van der Waals surface area contributed by atoms with Gasteiger partial charge in [0, 0.05) is 26.2 Å². The quantitative estimate of drug-likeness (QED) is 0.323. The predicted octanol–water partition coefficient (Wildman–Crippen LogP) is 3.48. The standard InChI is InChI=1S/C22H27ClFN5O4/c1-2-3-6-12-28-18-17(25-20(23)26-18)19(30)29(21(28)31)13-7-11-27(22(32)33)14-10-15-8-4-5-9-16(15)24/h4-5,8-9H,2-3,6-7,10-14H2,1H3,(H,25,26)(H,32,33). The number of imidazole rings is 1. The van der Waals surface area contributed by atoms with Gasteiger partial charge in [0.05, 0.1) is 0 Å². The maximum atomic E-state index is 13.8. The van der Waals surface area contributed by atoms with Crippen LogP contribution in [0.4, 0.5) is 9.18 Å². The average Bonchev–Trinajstić information content (AvgIpc) is 3.17. The molecular formula is C22H27ClFN5O4. The van der Waals surface area contributed by atoms with E-state index in [-0.39, 0.29) is 54.7 Å². The van der Waals surface area contributed by atoms with E-state index in [1.807, 2.05) is 6.92 Å². The fourth-order valence-electron chi connectivity index (χ4n) is 3.74. The van der Waals surface area contributed by atoms with Gasteiger partial charge in [0.1, 0.15) is 5.82 Å². The Hall–Kier alpha value is -3.14. The first-order valence-electron chi connectivity index (χ1n) is 10.9. The minimum Gasteiger partial charge on any atom is -0.465 e. The Labute approximate surface area is 194 Å². The van der Waals surface area contributed by atoms with E-state index in [1.165, 1.54) is 10.6 Å². The number of halogens is 2. The van der Waals surface area contributed by atoms with Gasteiger partial charge in [-0.2, -0.15) is 4.98 Å². The number of rotatable bonds is 11. The molecule has 0 aliphatic heterocycles. The molecule has 0 spiro atoms. The van der Waals surface area contributed by atoms with Crippen LogP contribution in [0.3, 0.4) is 0 Å². The van der Waals surface area contributed by atoms with Crippen LogP contribution in [0, 0.1) is 5.82 Å². The first kappa shape index (κ1) is 24.5. The van der Waals surface area contributed by atoms with Crippen LogP contribution in [0.1, 0.15) is 38.2 Å². The van der Waals surface area contributed by atoms with Crippen molar-refractivity contribution in [1.29, 1.82) is 0 Å². The topological polar surface area (TPSA) is 113 Å². The Morgan fingerprint density at radius 1 is 1.15 bits per heavy atom. The summed E-state index contributed by atoms with van der Waals surface area (Å²) in [7, 11) is 0. The SMILES string of the molecule is CCCCCn1c(=O)n(CCCN(CCc2ccccc2F)C(=O)O)c(=O)c2[nH]c(Cl)nc21. The molecule has 0 aliphatic carbocycles. The van der Waals surface area contributed by atoms with E-state index < -0.39 is 17.3 Å². The van der Waals surface area contributed by atoms with Gasteiger partial charge in [-0.15, -0.1) is 0 Å². The van der Waals surface area contributed by atoms with E-state index in [0.717, 1.165) is 28.7 Å². The Balaban J connectivity index is 1.75. The number of carboxylic acid groups (broad SMARTS) is 1. The number of aryl methyl sites for hydroxylation is 1. The number of aromatic nitrogens is 4. The Bertz CT molecular complexity index is 1240. The number of carbonyl (C=O) groups is 1. The van der Waals surface area contributed by atoms with Gasteiger partial charge in [-0.05, 0) is 42.5 Å². The van der Waals surface area contributed by atoms with Gasteiger partial charge < -0.3 is 15.0 Å². The highest BCUT2D eigenvalue weighted by Crippen LogP contribution is 2.11. The van der Waals surface area contributed by atoms with Gasteiger partial charge in [0.15, 0.2) is 11.2 Å². The lowest BCUT2D eigenvalue weighted by atomic mass is 10.1. The van der Waals surface area contributed by atoms with Crippen molar-refractivity contribution in [2.24, 2.45) is 0 Å². The van der Waals surface area contributed by atoms with Crippen molar-refractivity contribution in [3.8, 4) is 0 Å². The number of amides is 1. The molecule has 0 bridgehead atoms. The third kappa shape index (κ3) is 5.81. The second-order valence-corrected chi connectivity index (χ2v) is 8.15. The minimum absolute atomic E-state index is 0.0219. The van der Waals surface area contributed by atoms with Crippen molar-refractivity contribution < 1.29 is 14.3 Å². The van der Waals surface area contributed by atoms with E-state index in [4.69, 9.17) is 11.6 Å². The first-order chi connectivity index (χ1) is 15.8. The summed E-state index contributed by atoms with van der Waals surface area (Å²) in [5.74, 6) is -0.385. The number of nitrogens with zero attached hydrogens (tertiary/aromatic N) is 4. The van der Waals surface area contributed by atoms with Crippen LogP contribution in [0.2, 0.25) is 5.28 Å². The smallest absolute Gasteiger partial charge is 0.407 e. The second-order valence-electron chi connectivity index (χ2n) is 7.79. The molecule has 0 saturated carbocycles. The maximum absolute atomic E-state index is 13.8. The lowest BCUT2D eigenvalue weighted by Crippen LogP contribution is -2.41.